The molecule has 0 aliphatic heterocycles. The number of rotatable bonds is 0. The number of nitrogens with zero attached hydrogens (tertiary/aromatic N) is 4. The molecule has 0 aromatic carbocycles. The fourth-order valence-corrected chi connectivity index (χ4v) is 2.88. The van der Waals surface area contributed by atoms with Crippen LogP contribution in [0.4, 0.5) is 0 Å². The van der Waals surface area contributed by atoms with Crippen molar-refractivity contribution in [2.75, 3.05) is 0 Å². The highest BCUT2D eigenvalue weighted by Crippen LogP contribution is 2.27. The smallest absolute Gasteiger partial charge is 0.283 e. The zero-order chi connectivity index (χ0) is 11.4. The predicted molar refractivity (Wildman–Crippen MR) is 63.1 cm³/mol. The van der Waals surface area contributed by atoms with Gasteiger partial charge < -0.3 is 0 Å². The minimum atomic E-state index is -0.0807. The van der Waals surface area contributed by atoms with Crippen LogP contribution in [0.25, 0.3) is 15.9 Å². The Morgan fingerprint density at radius 1 is 1.38 bits per heavy atom. The van der Waals surface area contributed by atoms with Gasteiger partial charge in [0.1, 0.15) is 22.2 Å². The van der Waals surface area contributed by atoms with E-state index in [2.05, 4.69) is 10.1 Å². The van der Waals surface area contributed by atoms with E-state index >= 15 is 0 Å². The third-order valence-electron chi connectivity index (χ3n) is 2.72. The summed E-state index contributed by atoms with van der Waals surface area (Å²) in [5.74, 6) is 0. The maximum Gasteiger partial charge on any atom is 0.291 e. The molecule has 0 saturated carbocycles. The predicted octanol–water partition coefficient (Wildman–Crippen LogP) is 1.26. The van der Waals surface area contributed by atoms with E-state index in [9.17, 15) is 4.79 Å². The fraction of sp³-hybridized carbons (Fsp3) is 0.300. The van der Waals surface area contributed by atoms with Crippen LogP contribution in [0.3, 0.4) is 0 Å². The molecule has 0 spiro atoms. The van der Waals surface area contributed by atoms with Gasteiger partial charge in [0.05, 0.1) is 5.01 Å². The number of aromatic nitrogens is 4. The molecule has 0 unspecified atom stereocenters. The summed E-state index contributed by atoms with van der Waals surface area (Å²) in [6.07, 6.45) is 1.67. The maximum atomic E-state index is 12.0. The monoisotopic (exact) mass is 234 g/mol. The molecule has 0 radical (unpaired) electrons. The summed E-state index contributed by atoms with van der Waals surface area (Å²) in [6.45, 7) is 3.89. The topological polar surface area (TPSA) is 52.2 Å². The van der Waals surface area contributed by atoms with E-state index in [0.717, 1.165) is 20.9 Å². The first-order chi connectivity index (χ1) is 7.59. The lowest BCUT2D eigenvalue weighted by Crippen LogP contribution is -2.21. The molecule has 3 heterocycles. The molecule has 0 amide bonds. The molecule has 3 aromatic rings. The van der Waals surface area contributed by atoms with Gasteiger partial charge in [-0.3, -0.25) is 9.20 Å². The van der Waals surface area contributed by atoms with Crippen LogP contribution < -0.4 is 5.56 Å². The molecule has 3 aromatic heterocycles. The van der Waals surface area contributed by atoms with Gasteiger partial charge in [-0.25, -0.2) is 9.67 Å². The third-order valence-corrected chi connectivity index (χ3v) is 3.69. The number of aryl methyl sites for hydroxylation is 3. The summed E-state index contributed by atoms with van der Waals surface area (Å²) >= 11 is 1.58. The van der Waals surface area contributed by atoms with Crippen molar-refractivity contribution in [3.63, 3.8) is 0 Å². The molecule has 0 bridgehead atoms. The van der Waals surface area contributed by atoms with Gasteiger partial charge in [0, 0.05) is 12.6 Å². The number of hydrogen-bond acceptors (Lipinski definition) is 4. The molecule has 6 heteroatoms. The standard InChI is InChI=1S/C10H10N4OS/c1-5-7-10(16-6(2)12-7)14-4-11-13(3)9(15)8(5)14/h4H,1-3H3. The average Bonchev–Trinajstić information content (AvgIpc) is 2.72. The van der Waals surface area contributed by atoms with Crippen molar-refractivity contribution < 1.29 is 0 Å². The molecular formula is C10H10N4OS. The molecule has 3 rings (SSSR count). The van der Waals surface area contributed by atoms with Crippen LogP contribution >= 0.6 is 11.3 Å². The Balaban J connectivity index is 2.68. The molecule has 82 valence electrons. The highest BCUT2D eigenvalue weighted by Gasteiger charge is 2.15. The van der Waals surface area contributed by atoms with Crippen LogP contribution in [-0.4, -0.2) is 19.2 Å². The van der Waals surface area contributed by atoms with Crippen molar-refractivity contribution in [1.29, 1.82) is 0 Å². The van der Waals surface area contributed by atoms with Crippen LogP contribution in [0, 0.1) is 13.8 Å². The largest absolute Gasteiger partial charge is 0.291 e. The van der Waals surface area contributed by atoms with Gasteiger partial charge in [0.2, 0.25) is 0 Å². The van der Waals surface area contributed by atoms with Gasteiger partial charge >= 0.3 is 0 Å². The Hall–Kier alpha value is -1.69. The van der Waals surface area contributed by atoms with Crippen molar-refractivity contribution in [1.82, 2.24) is 19.2 Å². The Labute approximate surface area is 95.0 Å². The molecule has 5 nitrogen and oxygen atoms in total. The summed E-state index contributed by atoms with van der Waals surface area (Å²) in [4.78, 5) is 17.4. The summed E-state index contributed by atoms with van der Waals surface area (Å²) in [7, 11) is 1.65. The lowest BCUT2D eigenvalue weighted by Gasteiger charge is -1.98. The van der Waals surface area contributed by atoms with Gasteiger partial charge in [-0.15, -0.1) is 11.3 Å². The summed E-state index contributed by atoms with van der Waals surface area (Å²) < 4.78 is 3.18. The number of hydrogen-bond donors (Lipinski definition) is 0. The number of fused-ring (bicyclic) bond motifs is 3. The molecule has 0 aliphatic carbocycles. The highest BCUT2D eigenvalue weighted by molar-refractivity contribution is 7.18. The summed E-state index contributed by atoms with van der Waals surface area (Å²) in [5.41, 5.74) is 2.43. The molecule has 0 fully saturated rings. The van der Waals surface area contributed by atoms with E-state index in [4.69, 9.17) is 0 Å². The van der Waals surface area contributed by atoms with Gasteiger partial charge in [0.15, 0.2) is 0 Å². The van der Waals surface area contributed by atoms with Crippen molar-refractivity contribution >= 4 is 27.2 Å². The Morgan fingerprint density at radius 3 is 2.88 bits per heavy atom. The van der Waals surface area contributed by atoms with Crippen LogP contribution in [0.5, 0.6) is 0 Å². The quantitative estimate of drug-likeness (QED) is 0.588. The first-order valence-electron chi connectivity index (χ1n) is 4.89. The zero-order valence-electron chi connectivity index (χ0n) is 9.18. The van der Waals surface area contributed by atoms with E-state index in [1.54, 1.807) is 24.7 Å². The fourth-order valence-electron chi connectivity index (χ4n) is 1.93. The molecular weight excluding hydrogens is 224 g/mol. The van der Waals surface area contributed by atoms with E-state index in [-0.39, 0.29) is 5.56 Å². The first kappa shape index (κ1) is 9.53. The molecule has 0 aliphatic rings. The molecule has 0 N–H and O–H groups in total. The first-order valence-corrected chi connectivity index (χ1v) is 5.71. The summed E-state index contributed by atoms with van der Waals surface area (Å²) in [5, 5.41) is 5.03. The van der Waals surface area contributed by atoms with Crippen molar-refractivity contribution in [3.8, 4) is 0 Å². The van der Waals surface area contributed by atoms with Crippen LogP contribution in [-0.2, 0) is 7.05 Å². The molecule has 16 heavy (non-hydrogen) atoms. The summed E-state index contributed by atoms with van der Waals surface area (Å²) in [6, 6.07) is 0. The van der Waals surface area contributed by atoms with E-state index in [1.165, 1.54) is 4.68 Å². The van der Waals surface area contributed by atoms with Gasteiger partial charge in [-0.1, -0.05) is 0 Å². The number of thiazole rings is 1. The normalized spacial score (nSPS) is 11.7. The van der Waals surface area contributed by atoms with Crippen molar-refractivity contribution in [2.24, 2.45) is 7.05 Å². The second kappa shape index (κ2) is 2.91. The Kier molecular flexibility index (Phi) is 1.74. The van der Waals surface area contributed by atoms with Gasteiger partial charge in [-0.05, 0) is 13.8 Å². The second-order valence-electron chi connectivity index (χ2n) is 3.79. The van der Waals surface area contributed by atoms with Crippen molar-refractivity contribution in [2.45, 2.75) is 13.8 Å². The Morgan fingerprint density at radius 2 is 2.12 bits per heavy atom. The highest BCUT2D eigenvalue weighted by atomic mass is 32.1. The SMILES string of the molecule is Cc1nc2c(C)c3c(=O)n(C)ncn3c2s1. The van der Waals surface area contributed by atoms with Crippen LogP contribution in [0.1, 0.15) is 10.6 Å². The van der Waals surface area contributed by atoms with E-state index in [0.29, 0.717) is 5.52 Å². The minimum absolute atomic E-state index is 0.0807. The van der Waals surface area contributed by atoms with Gasteiger partial charge in [-0.2, -0.15) is 5.10 Å². The van der Waals surface area contributed by atoms with Crippen molar-refractivity contribution in [3.05, 3.63) is 27.3 Å². The maximum absolute atomic E-state index is 12.0. The van der Waals surface area contributed by atoms with Crippen LogP contribution in [0.15, 0.2) is 11.1 Å². The lowest BCUT2D eigenvalue weighted by atomic mass is 10.3. The molecule has 0 saturated heterocycles. The third kappa shape index (κ3) is 1.02. The van der Waals surface area contributed by atoms with Crippen LogP contribution in [0.2, 0.25) is 0 Å². The molecule has 0 atom stereocenters. The van der Waals surface area contributed by atoms with E-state index < -0.39 is 0 Å². The van der Waals surface area contributed by atoms with E-state index in [1.807, 2.05) is 18.2 Å². The lowest BCUT2D eigenvalue weighted by molar-refractivity contribution is 0.693. The Bertz CT molecular complexity index is 764. The zero-order valence-corrected chi connectivity index (χ0v) is 10.00. The minimum Gasteiger partial charge on any atom is -0.283 e. The second-order valence-corrected chi connectivity index (χ2v) is 4.97. The van der Waals surface area contributed by atoms with Gasteiger partial charge in [0.25, 0.3) is 5.56 Å². The average molecular weight is 234 g/mol.